The number of carbonyl (C=O) groups is 1. The third-order valence-electron chi connectivity index (χ3n) is 1.52. The van der Waals surface area contributed by atoms with Crippen LogP contribution in [0.3, 0.4) is 0 Å². The Balaban J connectivity index is 2.45. The first-order valence-corrected chi connectivity index (χ1v) is 4.20. The van der Waals surface area contributed by atoms with Crippen LogP contribution < -0.4 is 5.43 Å². The minimum atomic E-state index is -0.0767. The van der Waals surface area contributed by atoms with Crippen LogP contribution in [-0.2, 0) is 4.79 Å². The number of nitrogens with one attached hydrogen (secondary N) is 1. The second kappa shape index (κ2) is 5.09. The normalized spacial score (nSPS) is 10.2. The molecular weight excluding hydrogens is 164 g/mol. The van der Waals surface area contributed by atoms with Crippen molar-refractivity contribution in [2.75, 3.05) is 0 Å². The van der Waals surface area contributed by atoms with Crippen molar-refractivity contribution in [1.29, 1.82) is 0 Å². The van der Waals surface area contributed by atoms with E-state index in [4.69, 9.17) is 0 Å². The van der Waals surface area contributed by atoms with Gasteiger partial charge in [0.2, 0.25) is 5.91 Å². The highest BCUT2D eigenvalue weighted by molar-refractivity contribution is 5.82. The molecule has 0 aliphatic heterocycles. The Morgan fingerprint density at radius 3 is 2.77 bits per heavy atom. The van der Waals surface area contributed by atoms with Crippen LogP contribution in [0.1, 0.15) is 18.9 Å². The van der Waals surface area contributed by atoms with Gasteiger partial charge in [-0.1, -0.05) is 37.3 Å². The van der Waals surface area contributed by atoms with Gasteiger partial charge in [-0.15, -0.1) is 0 Å². The van der Waals surface area contributed by atoms with Crippen molar-refractivity contribution in [3.8, 4) is 0 Å². The van der Waals surface area contributed by atoms with Crippen LogP contribution in [0.2, 0.25) is 0 Å². The highest BCUT2D eigenvalue weighted by Gasteiger charge is 1.90. The van der Waals surface area contributed by atoms with Gasteiger partial charge in [0.25, 0.3) is 0 Å². The van der Waals surface area contributed by atoms with Crippen molar-refractivity contribution in [3.63, 3.8) is 0 Å². The van der Waals surface area contributed by atoms with Gasteiger partial charge in [-0.25, -0.2) is 5.43 Å². The summed E-state index contributed by atoms with van der Waals surface area (Å²) in [6.07, 6.45) is 2.07. The minimum Gasteiger partial charge on any atom is -0.273 e. The van der Waals surface area contributed by atoms with Gasteiger partial charge in [0, 0.05) is 6.42 Å². The molecule has 1 amide bonds. The number of nitrogens with zero attached hydrogens (tertiary/aromatic N) is 1. The molecule has 1 aromatic carbocycles. The Hall–Kier alpha value is -1.64. The van der Waals surface area contributed by atoms with Gasteiger partial charge < -0.3 is 0 Å². The summed E-state index contributed by atoms with van der Waals surface area (Å²) in [6.45, 7) is 1.79. The van der Waals surface area contributed by atoms with Crippen LogP contribution in [-0.4, -0.2) is 12.1 Å². The number of benzene rings is 1. The third kappa shape index (κ3) is 3.51. The van der Waals surface area contributed by atoms with Crippen molar-refractivity contribution in [2.45, 2.75) is 13.3 Å². The van der Waals surface area contributed by atoms with Gasteiger partial charge in [-0.2, -0.15) is 5.10 Å². The van der Waals surface area contributed by atoms with Crippen LogP contribution in [0.25, 0.3) is 0 Å². The molecule has 0 unspecified atom stereocenters. The van der Waals surface area contributed by atoms with Gasteiger partial charge in [-0.05, 0) is 5.56 Å². The van der Waals surface area contributed by atoms with Crippen LogP contribution in [0.15, 0.2) is 35.4 Å². The Bertz CT molecular complexity index is 293. The molecule has 0 bridgehead atoms. The largest absolute Gasteiger partial charge is 0.273 e. The summed E-state index contributed by atoms with van der Waals surface area (Å²) >= 11 is 0. The fourth-order valence-corrected chi connectivity index (χ4v) is 0.797. The van der Waals surface area contributed by atoms with Crippen molar-refractivity contribution in [3.05, 3.63) is 35.9 Å². The van der Waals surface area contributed by atoms with Crippen molar-refractivity contribution < 1.29 is 4.79 Å². The predicted molar refractivity (Wildman–Crippen MR) is 52.5 cm³/mol. The van der Waals surface area contributed by atoms with E-state index in [1.54, 1.807) is 13.1 Å². The fourth-order valence-electron chi connectivity index (χ4n) is 0.797. The third-order valence-corrected chi connectivity index (χ3v) is 1.52. The SMILES string of the molecule is CCC(=O)N/N=C/c1ccccc1. The summed E-state index contributed by atoms with van der Waals surface area (Å²) < 4.78 is 0. The topological polar surface area (TPSA) is 41.5 Å². The van der Waals surface area contributed by atoms with Gasteiger partial charge in [0.1, 0.15) is 0 Å². The van der Waals surface area contributed by atoms with E-state index in [1.807, 2.05) is 30.3 Å². The highest BCUT2D eigenvalue weighted by atomic mass is 16.2. The minimum absolute atomic E-state index is 0.0767. The zero-order chi connectivity index (χ0) is 9.52. The summed E-state index contributed by atoms with van der Waals surface area (Å²) in [6, 6.07) is 9.61. The van der Waals surface area contributed by atoms with E-state index in [2.05, 4.69) is 10.5 Å². The number of carbonyl (C=O) groups excluding carboxylic acids is 1. The first kappa shape index (κ1) is 9.45. The molecule has 3 nitrogen and oxygen atoms in total. The van der Waals surface area contributed by atoms with E-state index in [0.29, 0.717) is 6.42 Å². The molecule has 68 valence electrons. The molecule has 13 heavy (non-hydrogen) atoms. The molecule has 1 aromatic rings. The molecule has 0 saturated carbocycles. The second-order valence-electron chi connectivity index (χ2n) is 2.56. The smallest absolute Gasteiger partial charge is 0.239 e. The number of hydrazone groups is 1. The summed E-state index contributed by atoms with van der Waals surface area (Å²) in [5, 5.41) is 3.79. The van der Waals surface area contributed by atoms with Crippen molar-refractivity contribution in [2.24, 2.45) is 5.10 Å². The molecule has 0 aliphatic rings. The summed E-state index contributed by atoms with van der Waals surface area (Å²) in [4.78, 5) is 10.8. The number of amides is 1. The zero-order valence-electron chi connectivity index (χ0n) is 7.53. The fraction of sp³-hybridized carbons (Fsp3) is 0.200. The first-order chi connectivity index (χ1) is 6.33. The maximum absolute atomic E-state index is 10.8. The molecule has 1 rings (SSSR count). The predicted octanol–water partition coefficient (Wildman–Crippen LogP) is 1.55. The quantitative estimate of drug-likeness (QED) is 0.551. The number of hydrogen-bond donors (Lipinski definition) is 1. The molecule has 0 fully saturated rings. The molecule has 0 aromatic heterocycles. The highest BCUT2D eigenvalue weighted by Crippen LogP contribution is 1.92. The van der Waals surface area contributed by atoms with E-state index in [1.165, 1.54) is 0 Å². The molecule has 0 saturated heterocycles. The van der Waals surface area contributed by atoms with E-state index in [9.17, 15) is 4.79 Å². The standard InChI is InChI=1S/C10H12N2O/c1-2-10(13)12-11-8-9-6-4-3-5-7-9/h3-8H,2H2,1H3,(H,12,13)/b11-8+. The zero-order valence-corrected chi connectivity index (χ0v) is 7.53. The van der Waals surface area contributed by atoms with Crippen LogP contribution in [0, 0.1) is 0 Å². The maximum atomic E-state index is 10.8. The average Bonchev–Trinajstić information content (AvgIpc) is 2.19. The lowest BCUT2D eigenvalue weighted by atomic mass is 10.2. The van der Waals surface area contributed by atoms with Gasteiger partial charge in [0.05, 0.1) is 6.21 Å². The molecule has 0 heterocycles. The molecule has 0 radical (unpaired) electrons. The van der Waals surface area contributed by atoms with E-state index < -0.39 is 0 Å². The van der Waals surface area contributed by atoms with Gasteiger partial charge in [0.15, 0.2) is 0 Å². The molecule has 3 heteroatoms. The first-order valence-electron chi connectivity index (χ1n) is 4.20. The lowest BCUT2D eigenvalue weighted by Gasteiger charge is -1.93. The Kier molecular flexibility index (Phi) is 3.70. The number of hydrogen-bond acceptors (Lipinski definition) is 2. The Morgan fingerprint density at radius 2 is 2.15 bits per heavy atom. The molecule has 1 N–H and O–H groups in total. The molecule has 0 atom stereocenters. The lowest BCUT2D eigenvalue weighted by Crippen LogP contribution is -2.15. The van der Waals surface area contributed by atoms with E-state index in [-0.39, 0.29) is 5.91 Å². The Labute approximate surface area is 77.5 Å². The van der Waals surface area contributed by atoms with Crippen LogP contribution in [0.4, 0.5) is 0 Å². The second-order valence-corrected chi connectivity index (χ2v) is 2.56. The van der Waals surface area contributed by atoms with Crippen LogP contribution in [0.5, 0.6) is 0 Å². The van der Waals surface area contributed by atoms with Crippen molar-refractivity contribution in [1.82, 2.24) is 5.43 Å². The summed E-state index contributed by atoms with van der Waals surface area (Å²) in [7, 11) is 0. The molecule has 0 spiro atoms. The molecule has 0 aliphatic carbocycles. The summed E-state index contributed by atoms with van der Waals surface area (Å²) in [5.74, 6) is -0.0767. The Morgan fingerprint density at radius 1 is 1.46 bits per heavy atom. The average molecular weight is 176 g/mol. The lowest BCUT2D eigenvalue weighted by molar-refractivity contribution is -0.120. The van der Waals surface area contributed by atoms with Crippen LogP contribution >= 0.6 is 0 Å². The van der Waals surface area contributed by atoms with Gasteiger partial charge >= 0.3 is 0 Å². The van der Waals surface area contributed by atoms with E-state index in [0.717, 1.165) is 5.56 Å². The summed E-state index contributed by atoms with van der Waals surface area (Å²) in [5.41, 5.74) is 3.38. The number of rotatable bonds is 3. The van der Waals surface area contributed by atoms with Crippen molar-refractivity contribution >= 4 is 12.1 Å². The molecular formula is C10H12N2O. The van der Waals surface area contributed by atoms with E-state index >= 15 is 0 Å². The maximum Gasteiger partial charge on any atom is 0.239 e. The monoisotopic (exact) mass is 176 g/mol. The van der Waals surface area contributed by atoms with Gasteiger partial charge in [-0.3, -0.25) is 4.79 Å².